The highest BCUT2D eigenvalue weighted by Gasteiger charge is 2.17. The van der Waals surface area contributed by atoms with E-state index in [1.54, 1.807) is 0 Å². The molecular weight excluding hydrogens is 322 g/mol. The number of likely N-dealkylation sites (N-methyl/N-ethyl adjacent to an activating group) is 1. The lowest BCUT2D eigenvalue weighted by molar-refractivity contribution is 0.0949. The zero-order valence-corrected chi connectivity index (χ0v) is 16.3. The summed E-state index contributed by atoms with van der Waals surface area (Å²) in [6, 6.07) is 10.3. The monoisotopic (exact) mass is 353 g/mol. The number of hydrogen-bond donors (Lipinski definition) is 1. The molecule has 0 atom stereocenters. The van der Waals surface area contributed by atoms with Crippen LogP contribution in [0.3, 0.4) is 0 Å². The molecule has 140 valence electrons. The van der Waals surface area contributed by atoms with E-state index in [1.807, 2.05) is 12.1 Å². The Morgan fingerprint density at radius 1 is 1.12 bits per heavy atom. The van der Waals surface area contributed by atoms with E-state index in [-0.39, 0.29) is 5.91 Å². The first kappa shape index (κ1) is 18.7. The van der Waals surface area contributed by atoms with Crippen LogP contribution in [-0.4, -0.2) is 41.6 Å². The lowest BCUT2D eigenvalue weighted by Gasteiger charge is -2.18. The van der Waals surface area contributed by atoms with Gasteiger partial charge >= 0.3 is 0 Å². The Morgan fingerprint density at radius 2 is 1.81 bits per heavy atom. The fraction of sp³-hybridized carbons (Fsp3) is 0.500. The van der Waals surface area contributed by atoms with Crippen LogP contribution >= 0.6 is 0 Å². The van der Waals surface area contributed by atoms with E-state index in [1.165, 1.54) is 36.2 Å². The van der Waals surface area contributed by atoms with Crippen LogP contribution in [0.2, 0.25) is 0 Å². The quantitative estimate of drug-likeness (QED) is 0.823. The van der Waals surface area contributed by atoms with Gasteiger partial charge in [-0.1, -0.05) is 13.8 Å². The third-order valence-electron chi connectivity index (χ3n) is 5.48. The second kappa shape index (κ2) is 8.54. The molecular formula is C22H31N3O. The van der Waals surface area contributed by atoms with Crippen molar-refractivity contribution in [3.05, 3.63) is 52.8 Å². The van der Waals surface area contributed by atoms with E-state index in [9.17, 15) is 4.79 Å². The minimum atomic E-state index is 0.00923. The average molecular weight is 354 g/mol. The van der Waals surface area contributed by atoms with Crippen molar-refractivity contribution in [1.82, 2.24) is 14.8 Å². The SMILES string of the molecule is CCN(CC)CCNC(=O)c1ccc(-n2c(C)cc3c2CCCC3)cc1. The number of aryl methyl sites for hydroxylation is 2. The molecule has 1 aliphatic rings. The summed E-state index contributed by atoms with van der Waals surface area (Å²) in [4.78, 5) is 14.7. The summed E-state index contributed by atoms with van der Waals surface area (Å²) in [5, 5.41) is 3.03. The molecule has 0 aliphatic heterocycles. The molecule has 0 spiro atoms. The fourth-order valence-electron chi connectivity index (χ4n) is 3.94. The minimum absolute atomic E-state index is 0.00923. The number of hydrogen-bond acceptors (Lipinski definition) is 2. The van der Waals surface area contributed by atoms with Gasteiger partial charge in [-0.2, -0.15) is 0 Å². The summed E-state index contributed by atoms with van der Waals surface area (Å²) in [5.74, 6) is 0.00923. The third-order valence-corrected chi connectivity index (χ3v) is 5.48. The molecule has 4 heteroatoms. The standard InChI is InChI=1S/C22H31N3O/c1-4-24(5-2)15-14-23-22(26)18-10-12-20(13-11-18)25-17(3)16-19-8-6-7-9-21(19)25/h10-13,16H,4-9,14-15H2,1-3H3,(H,23,26). The van der Waals surface area contributed by atoms with Crippen molar-refractivity contribution in [3.8, 4) is 5.69 Å². The molecule has 1 amide bonds. The summed E-state index contributed by atoms with van der Waals surface area (Å²) in [6.07, 6.45) is 4.90. The van der Waals surface area contributed by atoms with Gasteiger partial charge in [-0.05, 0) is 81.6 Å². The largest absolute Gasteiger partial charge is 0.351 e. The predicted octanol–water partition coefficient (Wildman–Crippen LogP) is 3.74. The summed E-state index contributed by atoms with van der Waals surface area (Å²) < 4.78 is 2.36. The molecule has 3 rings (SSSR count). The van der Waals surface area contributed by atoms with Crippen molar-refractivity contribution in [2.75, 3.05) is 26.2 Å². The van der Waals surface area contributed by atoms with Crippen LogP contribution in [0.5, 0.6) is 0 Å². The maximum atomic E-state index is 12.4. The fourth-order valence-corrected chi connectivity index (χ4v) is 3.94. The van der Waals surface area contributed by atoms with Crippen LogP contribution in [0.25, 0.3) is 5.69 Å². The second-order valence-electron chi connectivity index (χ2n) is 7.13. The molecule has 1 aliphatic carbocycles. The highest BCUT2D eigenvalue weighted by Crippen LogP contribution is 2.28. The number of rotatable bonds is 7. The molecule has 1 aromatic heterocycles. The minimum Gasteiger partial charge on any atom is -0.351 e. The van der Waals surface area contributed by atoms with Gasteiger partial charge in [0.2, 0.25) is 0 Å². The van der Waals surface area contributed by atoms with Crippen molar-refractivity contribution >= 4 is 5.91 Å². The highest BCUT2D eigenvalue weighted by atomic mass is 16.1. The van der Waals surface area contributed by atoms with Crippen LogP contribution < -0.4 is 5.32 Å². The third kappa shape index (κ3) is 4.01. The Bertz CT molecular complexity index is 741. The van der Waals surface area contributed by atoms with Crippen LogP contribution in [-0.2, 0) is 12.8 Å². The molecule has 0 fully saturated rings. The predicted molar refractivity (Wildman–Crippen MR) is 107 cm³/mol. The first-order valence-corrected chi connectivity index (χ1v) is 9.95. The van der Waals surface area contributed by atoms with E-state index in [2.05, 4.69) is 53.8 Å². The number of amides is 1. The van der Waals surface area contributed by atoms with Crippen LogP contribution in [0.4, 0.5) is 0 Å². The smallest absolute Gasteiger partial charge is 0.251 e. The Labute approximate surface area is 157 Å². The molecule has 2 aromatic rings. The Balaban J connectivity index is 1.67. The van der Waals surface area contributed by atoms with Crippen LogP contribution in [0, 0.1) is 6.92 Å². The van der Waals surface area contributed by atoms with Gasteiger partial charge in [0.1, 0.15) is 0 Å². The first-order chi connectivity index (χ1) is 12.6. The molecule has 1 N–H and O–H groups in total. The summed E-state index contributed by atoms with van der Waals surface area (Å²) in [5.41, 5.74) is 6.11. The number of benzene rings is 1. The van der Waals surface area contributed by atoms with Crippen molar-refractivity contribution in [2.45, 2.75) is 46.5 Å². The van der Waals surface area contributed by atoms with Crippen molar-refractivity contribution in [2.24, 2.45) is 0 Å². The van der Waals surface area contributed by atoms with Crippen molar-refractivity contribution < 1.29 is 4.79 Å². The van der Waals surface area contributed by atoms with Crippen LogP contribution in [0.15, 0.2) is 30.3 Å². The van der Waals surface area contributed by atoms with Crippen molar-refractivity contribution in [3.63, 3.8) is 0 Å². The zero-order valence-electron chi connectivity index (χ0n) is 16.3. The van der Waals surface area contributed by atoms with E-state index in [4.69, 9.17) is 0 Å². The average Bonchev–Trinajstić information content (AvgIpc) is 3.01. The number of aromatic nitrogens is 1. The van der Waals surface area contributed by atoms with E-state index < -0.39 is 0 Å². The second-order valence-corrected chi connectivity index (χ2v) is 7.13. The Hall–Kier alpha value is -2.07. The lowest BCUT2D eigenvalue weighted by atomic mass is 9.98. The van der Waals surface area contributed by atoms with Gasteiger partial charge in [0.05, 0.1) is 0 Å². The van der Waals surface area contributed by atoms with Gasteiger partial charge in [0.25, 0.3) is 5.91 Å². The zero-order chi connectivity index (χ0) is 18.5. The van der Waals surface area contributed by atoms with E-state index in [0.717, 1.165) is 37.3 Å². The Morgan fingerprint density at radius 3 is 2.50 bits per heavy atom. The molecule has 1 aromatic carbocycles. The number of nitrogens with zero attached hydrogens (tertiary/aromatic N) is 2. The number of carbonyl (C=O) groups excluding carboxylic acids is 1. The molecule has 1 heterocycles. The van der Waals surface area contributed by atoms with Gasteiger partial charge in [0.15, 0.2) is 0 Å². The Kier molecular flexibility index (Phi) is 6.15. The first-order valence-electron chi connectivity index (χ1n) is 9.95. The summed E-state index contributed by atoms with van der Waals surface area (Å²) in [7, 11) is 0. The van der Waals surface area contributed by atoms with Gasteiger partial charge in [0, 0.05) is 35.7 Å². The van der Waals surface area contributed by atoms with Crippen molar-refractivity contribution in [1.29, 1.82) is 0 Å². The molecule has 26 heavy (non-hydrogen) atoms. The van der Waals surface area contributed by atoms with Gasteiger partial charge in [-0.25, -0.2) is 0 Å². The summed E-state index contributed by atoms with van der Waals surface area (Å²) >= 11 is 0. The highest BCUT2D eigenvalue weighted by molar-refractivity contribution is 5.94. The normalized spacial score (nSPS) is 13.7. The van der Waals surface area contributed by atoms with Gasteiger partial charge < -0.3 is 14.8 Å². The molecule has 0 saturated carbocycles. The number of nitrogens with one attached hydrogen (secondary N) is 1. The van der Waals surface area contributed by atoms with Gasteiger partial charge in [-0.3, -0.25) is 4.79 Å². The van der Waals surface area contributed by atoms with E-state index >= 15 is 0 Å². The maximum absolute atomic E-state index is 12.4. The van der Waals surface area contributed by atoms with E-state index in [0.29, 0.717) is 6.54 Å². The molecule has 0 radical (unpaired) electrons. The number of fused-ring (bicyclic) bond motifs is 1. The topological polar surface area (TPSA) is 37.3 Å². The summed E-state index contributed by atoms with van der Waals surface area (Å²) in [6.45, 7) is 10.1. The molecule has 4 nitrogen and oxygen atoms in total. The maximum Gasteiger partial charge on any atom is 0.251 e. The van der Waals surface area contributed by atoms with Gasteiger partial charge in [-0.15, -0.1) is 0 Å². The molecule has 0 bridgehead atoms. The molecule has 0 saturated heterocycles. The lowest BCUT2D eigenvalue weighted by Crippen LogP contribution is -2.34. The molecule has 0 unspecified atom stereocenters. The van der Waals surface area contributed by atoms with Crippen LogP contribution in [0.1, 0.15) is 54.0 Å². The number of carbonyl (C=O) groups is 1.